The van der Waals surface area contributed by atoms with Crippen molar-refractivity contribution < 1.29 is 0 Å². The van der Waals surface area contributed by atoms with Crippen LogP contribution in [-0.2, 0) is 5.41 Å². The Balaban J connectivity index is 1.23. The molecule has 47 heavy (non-hydrogen) atoms. The molecule has 2 unspecified atom stereocenters. The summed E-state index contributed by atoms with van der Waals surface area (Å²) in [6.45, 7) is 4.83. The zero-order valence-electron chi connectivity index (χ0n) is 26.4. The highest BCUT2D eigenvalue weighted by atomic mass is 15.1. The standard InChI is InChI=1S/C44H33N3/c1-44(2)37-18-8-6-14-32(37)33-23-21-28(26-38(33)44)31-16-10-20-40-42(31)36-24-22-30(27-41(36)46(40)29-12-4-3-5-13-29)47-39-19-9-7-15-34(39)35-17-11-25-45-43(35)47/h3-27,33,38H,1-2H3. The van der Waals surface area contributed by atoms with Gasteiger partial charge in [0.25, 0.3) is 0 Å². The van der Waals surface area contributed by atoms with Crippen molar-refractivity contribution in [2.75, 3.05) is 0 Å². The lowest BCUT2D eigenvalue weighted by atomic mass is 9.72. The van der Waals surface area contributed by atoms with Gasteiger partial charge in [0.05, 0.1) is 16.6 Å². The van der Waals surface area contributed by atoms with E-state index in [0.717, 1.165) is 22.5 Å². The fourth-order valence-corrected chi connectivity index (χ4v) is 8.72. The fraction of sp³-hybridized carbons (Fsp3) is 0.114. The zero-order valence-corrected chi connectivity index (χ0v) is 26.4. The second-order valence-electron chi connectivity index (χ2n) is 13.6. The maximum Gasteiger partial charge on any atom is 0.145 e. The van der Waals surface area contributed by atoms with E-state index in [4.69, 9.17) is 4.98 Å². The molecule has 0 bridgehead atoms. The topological polar surface area (TPSA) is 22.8 Å². The lowest BCUT2D eigenvalue weighted by Crippen LogP contribution is -2.25. The molecule has 3 nitrogen and oxygen atoms in total. The van der Waals surface area contributed by atoms with Gasteiger partial charge in [-0.1, -0.05) is 111 Å². The molecule has 0 spiro atoms. The Morgan fingerprint density at radius 1 is 0.617 bits per heavy atom. The molecule has 224 valence electrons. The molecule has 5 aromatic carbocycles. The number of para-hydroxylation sites is 2. The highest BCUT2D eigenvalue weighted by Crippen LogP contribution is 2.54. The SMILES string of the molecule is CC1(C)c2ccccc2C2C=CC(c3cccc4c3c3ccc(-n5c6ccccc6c6cccnc65)cc3n4-c3ccccc3)=CC21. The summed E-state index contributed by atoms with van der Waals surface area (Å²) in [5.74, 6) is 0.823. The van der Waals surface area contributed by atoms with Gasteiger partial charge in [-0.2, -0.15) is 0 Å². The first kappa shape index (κ1) is 26.5. The average Bonchev–Trinajstić information content (AvgIpc) is 3.72. The zero-order chi connectivity index (χ0) is 31.3. The number of hydrogen-bond donors (Lipinski definition) is 0. The Morgan fingerprint density at radius 2 is 1.40 bits per heavy atom. The van der Waals surface area contributed by atoms with E-state index in [-0.39, 0.29) is 5.41 Å². The van der Waals surface area contributed by atoms with Crippen LogP contribution in [0.5, 0.6) is 0 Å². The first-order chi connectivity index (χ1) is 23.1. The monoisotopic (exact) mass is 603 g/mol. The Hall–Kier alpha value is -5.67. The summed E-state index contributed by atoms with van der Waals surface area (Å²) in [4.78, 5) is 4.87. The molecule has 0 fully saturated rings. The number of fused-ring (bicyclic) bond motifs is 9. The number of hydrogen-bond acceptors (Lipinski definition) is 1. The molecule has 2 atom stereocenters. The molecular formula is C44H33N3. The first-order valence-electron chi connectivity index (χ1n) is 16.6. The molecule has 0 saturated heterocycles. The van der Waals surface area contributed by atoms with E-state index in [1.165, 1.54) is 54.8 Å². The van der Waals surface area contributed by atoms with Gasteiger partial charge in [0.2, 0.25) is 0 Å². The molecule has 8 aromatic rings. The van der Waals surface area contributed by atoms with Crippen molar-refractivity contribution in [2.45, 2.75) is 25.2 Å². The molecule has 2 aliphatic carbocycles. The van der Waals surface area contributed by atoms with Gasteiger partial charge < -0.3 is 4.57 Å². The summed E-state index contributed by atoms with van der Waals surface area (Å²) < 4.78 is 4.74. The summed E-state index contributed by atoms with van der Waals surface area (Å²) in [5, 5.41) is 4.93. The van der Waals surface area contributed by atoms with E-state index < -0.39 is 0 Å². The fourth-order valence-electron chi connectivity index (χ4n) is 8.72. The molecule has 3 aromatic heterocycles. The lowest BCUT2D eigenvalue weighted by molar-refractivity contribution is 0.395. The molecule has 0 radical (unpaired) electrons. The van der Waals surface area contributed by atoms with Crippen LogP contribution in [0.3, 0.4) is 0 Å². The average molecular weight is 604 g/mol. The van der Waals surface area contributed by atoms with Crippen molar-refractivity contribution in [1.29, 1.82) is 0 Å². The van der Waals surface area contributed by atoms with E-state index in [0.29, 0.717) is 11.8 Å². The van der Waals surface area contributed by atoms with Gasteiger partial charge in [-0.25, -0.2) is 4.98 Å². The van der Waals surface area contributed by atoms with E-state index in [1.54, 1.807) is 0 Å². The van der Waals surface area contributed by atoms with E-state index in [9.17, 15) is 0 Å². The molecule has 3 heteroatoms. The highest BCUT2D eigenvalue weighted by molar-refractivity contribution is 6.15. The van der Waals surface area contributed by atoms with Crippen molar-refractivity contribution in [3.63, 3.8) is 0 Å². The predicted octanol–water partition coefficient (Wildman–Crippen LogP) is 10.9. The number of benzene rings is 5. The van der Waals surface area contributed by atoms with Crippen LogP contribution in [0.25, 0.3) is 60.7 Å². The smallest absolute Gasteiger partial charge is 0.145 e. The summed E-state index contributed by atoms with van der Waals surface area (Å²) in [6.07, 6.45) is 9.28. The molecule has 0 amide bonds. The minimum atomic E-state index is 0.0639. The van der Waals surface area contributed by atoms with Crippen LogP contribution in [0.15, 0.2) is 152 Å². The van der Waals surface area contributed by atoms with Crippen molar-refractivity contribution in [3.05, 3.63) is 169 Å². The number of aromatic nitrogens is 3. The van der Waals surface area contributed by atoms with Crippen LogP contribution < -0.4 is 0 Å². The third-order valence-corrected chi connectivity index (χ3v) is 10.9. The molecule has 3 heterocycles. The minimum Gasteiger partial charge on any atom is -0.309 e. The number of pyridine rings is 1. The van der Waals surface area contributed by atoms with Gasteiger partial charge >= 0.3 is 0 Å². The van der Waals surface area contributed by atoms with Crippen LogP contribution in [0.2, 0.25) is 0 Å². The predicted molar refractivity (Wildman–Crippen MR) is 196 cm³/mol. The van der Waals surface area contributed by atoms with Gasteiger partial charge in [-0.3, -0.25) is 4.57 Å². The van der Waals surface area contributed by atoms with E-state index >= 15 is 0 Å². The molecule has 0 saturated carbocycles. The largest absolute Gasteiger partial charge is 0.309 e. The van der Waals surface area contributed by atoms with Gasteiger partial charge in [0, 0.05) is 45.0 Å². The summed E-state index contributed by atoms with van der Waals surface area (Å²) in [5.41, 5.74) is 12.4. The second-order valence-corrected chi connectivity index (χ2v) is 13.6. The third kappa shape index (κ3) is 3.65. The Kier molecular flexibility index (Phi) is 5.46. The van der Waals surface area contributed by atoms with E-state index in [1.807, 2.05) is 12.3 Å². The molecule has 0 aliphatic heterocycles. The van der Waals surface area contributed by atoms with Crippen LogP contribution >= 0.6 is 0 Å². The first-order valence-corrected chi connectivity index (χ1v) is 16.6. The normalized spacial score (nSPS) is 18.2. The van der Waals surface area contributed by atoms with Gasteiger partial charge in [0.15, 0.2) is 0 Å². The maximum atomic E-state index is 4.87. The Bertz CT molecular complexity index is 2560. The third-order valence-electron chi connectivity index (χ3n) is 10.9. The quantitative estimate of drug-likeness (QED) is 0.197. The van der Waals surface area contributed by atoms with Crippen LogP contribution in [0.1, 0.15) is 36.5 Å². The van der Waals surface area contributed by atoms with Gasteiger partial charge in [-0.15, -0.1) is 0 Å². The van der Waals surface area contributed by atoms with Crippen LogP contribution in [0, 0.1) is 5.92 Å². The van der Waals surface area contributed by atoms with Crippen molar-refractivity contribution in [2.24, 2.45) is 5.92 Å². The van der Waals surface area contributed by atoms with Gasteiger partial charge in [-0.05, 0) is 82.1 Å². The van der Waals surface area contributed by atoms with Crippen molar-refractivity contribution >= 4 is 49.3 Å². The number of rotatable bonds is 3. The number of allylic oxidation sites excluding steroid dienone is 4. The highest BCUT2D eigenvalue weighted by Gasteiger charge is 2.45. The summed E-state index contributed by atoms with van der Waals surface area (Å²) >= 11 is 0. The maximum absolute atomic E-state index is 4.87. The van der Waals surface area contributed by atoms with Crippen molar-refractivity contribution in [1.82, 2.24) is 14.1 Å². The molecule has 2 aliphatic rings. The van der Waals surface area contributed by atoms with Crippen LogP contribution in [-0.4, -0.2) is 14.1 Å². The minimum absolute atomic E-state index is 0.0639. The van der Waals surface area contributed by atoms with Gasteiger partial charge in [0.1, 0.15) is 5.65 Å². The Morgan fingerprint density at radius 3 is 2.32 bits per heavy atom. The number of nitrogens with zero attached hydrogens (tertiary/aromatic N) is 3. The van der Waals surface area contributed by atoms with Crippen LogP contribution in [0.4, 0.5) is 0 Å². The molecule has 0 N–H and O–H groups in total. The molecule has 10 rings (SSSR count). The Labute approximate surface area is 273 Å². The van der Waals surface area contributed by atoms with E-state index in [2.05, 4.69) is 163 Å². The summed E-state index contributed by atoms with van der Waals surface area (Å²) in [6, 6.07) is 46.4. The molecular weight excluding hydrogens is 571 g/mol. The summed E-state index contributed by atoms with van der Waals surface area (Å²) in [7, 11) is 0. The second kappa shape index (κ2) is 9.67. The lowest BCUT2D eigenvalue weighted by Gasteiger charge is -2.31. The van der Waals surface area contributed by atoms with Crippen molar-refractivity contribution in [3.8, 4) is 11.4 Å².